The van der Waals surface area contributed by atoms with Crippen molar-refractivity contribution in [3.63, 3.8) is 0 Å². The van der Waals surface area contributed by atoms with Gasteiger partial charge >= 0.3 is 0 Å². The second-order valence-electron chi connectivity index (χ2n) is 6.53. The molecule has 3 rings (SSSR count). The molecule has 1 aliphatic rings. The van der Waals surface area contributed by atoms with Gasteiger partial charge in [-0.2, -0.15) is 0 Å². The van der Waals surface area contributed by atoms with Crippen LogP contribution in [-0.2, 0) is 17.8 Å². The molecular weight excluding hydrogens is 410 g/mol. The van der Waals surface area contributed by atoms with Gasteiger partial charge in [-0.05, 0) is 46.5 Å². The zero-order valence-electron chi connectivity index (χ0n) is 15.2. The van der Waals surface area contributed by atoms with Crippen molar-refractivity contribution >= 4 is 33.2 Å². The predicted octanol–water partition coefficient (Wildman–Crippen LogP) is 4.17. The molecule has 0 bridgehead atoms. The Balaban J connectivity index is 1.37. The highest BCUT2D eigenvalue weighted by Gasteiger charge is 2.24. The van der Waals surface area contributed by atoms with Crippen LogP contribution in [0.25, 0.3) is 0 Å². The highest BCUT2D eigenvalue weighted by atomic mass is 79.9. The number of hydrogen-bond acceptors (Lipinski definition) is 3. The van der Waals surface area contributed by atoms with Crippen LogP contribution >= 0.6 is 27.3 Å². The Morgan fingerprint density at radius 3 is 2.88 bits per heavy atom. The molecule has 0 spiro atoms. The van der Waals surface area contributed by atoms with Crippen molar-refractivity contribution in [1.29, 1.82) is 0 Å². The standard InChI is InChI=1S/C20H26BrN3OS/c1-22-20(23-11-9-18-7-8-19(21)26-18)24-12-10-17(13-24)15-25-14-16-5-3-2-4-6-16/h2-8,17H,9-15H2,1H3,(H,22,23). The normalized spacial score (nSPS) is 17.7. The maximum absolute atomic E-state index is 5.92. The fourth-order valence-corrected chi connectivity index (χ4v) is 4.68. The Labute approximate surface area is 168 Å². The molecule has 2 heterocycles. The van der Waals surface area contributed by atoms with E-state index in [1.165, 1.54) is 14.2 Å². The van der Waals surface area contributed by atoms with Gasteiger partial charge < -0.3 is 15.0 Å². The molecule has 140 valence electrons. The van der Waals surface area contributed by atoms with Crippen molar-refractivity contribution in [2.24, 2.45) is 10.9 Å². The van der Waals surface area contributed by atoms with Crippen molar-refractivity contribution in [3.05, 3.63) is 56.7 Å². The maximum Gasteiger partial charge on any atom is 0.193 e. The van der Waals surface area contributed by atoms with Crippen LogP contribution in [0.1, 0.15) is 16.9 Å². The van der Waals surface area contributed by atoms with E-state index in [-0.39, 0.29) is 0 Å². The molecule has 1 aromatic heterocycles. The number of halogens is 1. The first-order valence-electron chi connectivity index (χ1n) is 9.06. The summed E-state index contributed by atoms with van der Waals surface area (Å²) in [6.45, 7) is 4.47. The fraction of sp³-hybridized carbons (Fsp3) is 0.450. The van der Waals surface area contributed by atoms with Gasteiger partial charge in [0.1, 0.15) is 0 Å². The molecule has 26 heavy (non-hydrogen) atoms. The zero-order valence-corrected chi connectivity index (χ0v) is 17.6. The number of guanidine groups is 1. The van der Waals surface area contributed by atoms with Crippen molar-refractivity contribution < 1.29 is 4.74 Å². The minimum absolute atomic E-state index is 0.575. The number of likely N-dealkylation sites (tertiary alicyclic amines) is 1. The Morgan fingerprint density at radius 2 is 2.15 bits per heavy atom. The third kappa shape index (κ3) is 5.83. The van der Waals surface area contributed by atoms with Crippen LogP contribution in [0.15, 0.2) is 51.2 Å². The van der Waals surface area contributed by atoms with Crippen LogP contribution in [-0.4, -0.2) is 44.1 Å². The molecule has 2 aromatic rings. The molecule has 0 radical (unpaired) electrons. The Bertz CT molecular complexity index is 704. The number of nitrogens with one attached hydrogen (secondary N) is 1. The lowest BCUT2D eigenvalue weighted by Crippen LogP contribution is -2.41. The number of rotatable bonds is 7. The van der Waals surface area contributed by atoms with Gasteiger partial charge in [0.15, 0.2) is 5.96 Å². The van der Waals surface area contributed by atoms with Crippen LogP contribution in [0.3, 0.4) is 0 Å². The van der Waals surface area contributed by atoms with Crippen molar-refractivity contribution in [2.75, 3.05) is 33.3 Å². The van der Waals surface area contributed by atoms with Crippen LogP contribution in [0, 0.1) is 5.92 Å². The first kappa shape index (κ1) is 19.4. The summed E-state index contributed by atoms with van der Waals surface area (Å²) in [5.74, 6) is 1.58. The molecule has 0 aliphatic carbocycles. The molecule has 1 aliphatic heterocycles. The Hall–Kier alpha value is -1.37. The van der Waals surface area contributed by atoms with Crippen molar-refractivity contribution in [2.45, 2.75) is 19.4 Å². The van der Waals surface area contributed by atoms with Crippen molar-refractivity contribution in [1.82, 2.24) is 10.2 Å². The molecule has 1 N–H and O–H groups in total. The topological polar surface area (TPSA) is 36.9 Å². The number of ether oxygens (including phenoxy) is 1. The summed E-state index contributed by atoms with van der Waals surface area (Å²) in [5, 5.41) is 3.50. The molecule has 4 nitrogen and oxygen atoms in total. The van der Waals surface area contributed by atoms with Gasteiger partial charge in [-0.3, -0.25) is 4.99 Å². The maximum atomic E-state index is 5.92. The van der Waals surface area contributed by atoms with E-state index >= 15 is 0 Å². The zero-order chi connectivity index (χ0) is 18.2. The van der Waals surface area contributed by atoms with Crippen LogP contribution in [0.2, 0.25) is 0 Å². The SMILES string of the molecule is CN=C(NCCc1ccc(Br)s1)N1CCC(COCc2ccccc2)C1. The number of hydrogen-bond donors (Lipinski definition) is 1. The molecule has 1 aromatic carbocycles. The van der Waals surface area contributed by atoms with Crippen LogP contribution in [0.5, 0.6) is 0 Å². The average molecular weight is 436 g/mol. The van der Waals surface area contributed by atoms with Gasteiger partial charge in [0.25, 0.3) is 0 Å². The van der Waals surface area contributed by atoms with Gasteiger partial charge in [-0.1, -0.05) is 30.3 Å². The fourth-order valence-electron chi connectivity index (χ4n) is 3.19. The number of benzene rings is 1. The summed E-state index contributed by atoms with van der Waals surface area (Å²) in [4.78, 5) is 8.18. The second kappa shape index (κ2) is 10.1. The van der Waals surface area contributed by atoms with E-state index in [9.17, 15) is 0 Å². The minimum atomic E-state index is 0.575. The van der Waals surface area contributed by atoms with E-state index in [1.54, 1.807) is 11.3 Å². The predicted molar refractivity (Wildman–Crippen MR) is 113 cm³/mol. The summed E-state index contributed by atoms with van der Waals surface area (Å²) in [5.41, 5.74) is 1.24. The molecule has 1 fully saturated rings. The summed E-state index contributed by atoms with van der Waals surface area (Å²) >= 11 is 5.31. The van der Waals surface area contributed by atoms with Gasteiger partial charge in [0, 0.05) is 37.5 Å². The minimum Gasteiger partial charge on any atom is -0.376 e. The monoisotopic (exact) mass is 435 g/mol. The number of thiophene rings is 1. The summed E-state index contributed by atoms with van der Waals surface area (Å²) in [6.07, 6.45) is 2.18. The lowest BCUT2D eigenvalue weighted by atomic mass is 10.1. The molecule has 1 unspecified atom stereocenters. The first-order chi connectivity index (χ1) is 12.7. The third-order valence-corrected chi connectivity index (χ3v) is 6.23. The quantitative estimate of drug-likeness (QED) is 0.523. The van der Waals surface area contributed by atoms with Gasteiger partial charge in [-0.15, -0.1) is 11.3 Å². The van der Waals surface area contributed by atoms with Crippen LogP contribution in [0.4, 0.5) is 0 Å². The summed E-state index contributed by atoms with van der Waals surface area (Å²) in [7, 11) is 1.86. The van der Waals surface area contributed by atoms with E-state index < -0.39 is 0 Å². The Morgan fingerprint density at radius 1 is 1.31 bits per heavy atom. The van der Waals surface area contributed by atoms with Gasteiger partial charge in [0.2, 0.25) is 0 Å². The smallest absolute Gasteiger partial charge is 0.193 e. The molecule has 1 atom stereocenters. The van der Waals surface area contributed by atoms with E-state index in [0.717, 1.165) is 45.0 Å². The van der Waals surface area contributed by atoms with E-state index in [1.807, 2.05) is 13.1 Å². The van der Waals surface area contributed by atoms with E-state index in [0.29, 0.717) is 12.5 Å². The van der Waals surface area contributed by atoms with E-state index in [4.69, 9.17) is 4.74 Å². The van der Waals surface area contributed by atoms with Crippen molar-refractivity contribution in [3.8, 4) is 0 Å². The van der Waals surface area contributed by atoms with Gasteiger partial charge in [-0.25, -0.2) is 0 Å². The highest BCUT2D eigenvalue weighted by molar-refractivity contribution is 9.11. The highest BCUT2D eigenvalue weighted by Crippen LogP contribution is 2.22. The molecular formula is C20H26BrN3OS. The lowest BCUT2D eigenvalue weighted by Gasteiger charge is -2.21. The lowest BCUT2D eigenvalue weighted by molar-refractivity contribution is 0.0907. The largest absolute Gasteiger partial charge is 0.376 e. The average Bonchev–Trinajstić information content (AvgIpc) is 3.29. The summed E-state index contributed by atoms with van der Waals surface area (Å²) in [6, 6.07) is 14.7. The summed E-state index contributed by atoms with van der Waals surface area (Å²) < 4.78 is 7.11. The van der Waals surface area contributed by atoms with E-state index in [2.05, 4.69) is 67.5 Å². The number of nitrogens with zero attached hydrogens (tertiary/aromatic N) is 2. The van der Waals surface area contributed by atoms with Crippen LogP contribution < -0.4 is 5.32 Å². The molecule has 1 saturated heterocycles. The Kier molecular flexibility index (Phi) is 7.53. The third-order valence-electron chi connectivity index (χ3n) is 4.55. The molecule has 0 amide bonds. The van der Waals surface area contributed by atoms with Gasteiger partial charge in [0.05, 0.1) is 17.0 Å². The second-order valence-corrected chi connectivity index (χ2v) is 9.08. The molecule has 6 heteroatoms. The number of aliphatic imine (C=N–C) groups is 1. The first-order valence-corrected chi connectivity index (χ1v) is 10.7. The molecule has 0 saturated carbocycles.